The van der Waals surface area contributed by atoms with Gasteiger partial charge in [-0.05, 0) is 36.1 Å². The molecule has 2 unspecified atom stereocenters. The van der Waals surface area contributed by atoms with Gasteiger partial charge in [0.05, 0.1) is 18.5 Å². The number of imide groups is 1. The van der Waals surface area contributed by atoms with Crippen LogP contribution >= 0.6 is 0 Å². The van der Waals surface area contributed by atoms with Gasteiger partial charge in [0.2, 0.25) is 17.7 Å². The zero-order chi connectivity index (χ0) is 30.6. The Morgan fingerprint density at radius 2 is 2.02 bits per heavy atom. The van der Waals surface area contributed by atoms with Gasteiger partial charge in [-0.3, -0.25) is 29.3 Å². The number of halogens is 1. The molecule has 0 saturated carbocycles. The highest BCUT2D eigenvalue weighted by Gasteiger charge is 2.40. The first-order valence-electron chi connectivity index (χ1n) is 13.3. The van der Waals surface area contributed by atoms with Crippen LogP contribution in [0, 0.1) is 6.92 Å². The molecule has 2 aliphatic heterocycles. The summed E-state index contributed by atoms with van der Waals surface area (Å²) < 4.78 is 26.1. The van der Waals surface area contributed by atoms with Crippen molar-refractivity contribution in [3.63, 3.8) is 0 Å². The molecule has 2 aliphatic rings. The number of rotatable bonds is 12. The standard InChI is InChI=1S/C28H33FN6O7/c1-16-12-31-35(15-42-4)23(16)24(26(38)30-9-10-41-3)34(27(39)17(2)29)13-18-5-6-19-14-33(28(40)20(19)11-18)21-7-8-22(36)32-25(21)37/h5-6,11-12,21,24H,2,7-10,13-15H2,1,3-4H3,(H,30,38)(H,32,36,37). The van der Waals surface area contributed by atoms with Crippen molar-refractivity contribution in [1.82, 2.24) is 30.2 Å². The van der Waals surface area contributed by atoms with Crippen LogP contribution in [0.3, 0.4) is 0 Å². The van der Waals surface area contributed by atoms with Gasteiger partial charge in [-0.2, -0.15) is 5.10 Å². The van der Waals surface area contributed by atoms with E-state index in [9.17, 15) is 28.4 Å². The molecule has 14 heteroatoms. The molecule has 13 nitrogen and oxygen atoms in total. The summed E-state index contributed by atoms with van der Waals surface area (Å²) in [6.07, 6.45) is 1.85. The summed E-state index contributed by atoms with van der Waals surface area (Å²) in [6, 6.07) is 2.78. The number of amides is 5. The first-order chi connectivity index (χ1) is 20.1. The number of carbonyl (C=O) groups is 5. The fourth-order valence-electron chi connectivity index (χ4n) is 5.19. The number of hydrogen-bond acceptors (Lipinski definition) is 8. The number of methoxy groups -OCH3 is 2. The first kappa shape index (κ1) is 30.5. The van der Waals surface area contributed by atoms with Crippen LogP contribution in [0.25, 0.3) is 0 Å². The molecular weight excluding hydrogens is 551 g/mol. The Morgan fingerprint density at radius 3 is 2.69 bits per heavy atom. The summed E-state index contributed by atoms with van der Waals surface area (Å²) in [5, 5.41) is 9.23. The van der Waals surface area contributed by atoms with Crippen LogP contribution in [0.15, 0.2) is 36.8 Å². The average molecular weight is 585 g/mol. The molecule has 2 atom stereocenters. The molecule has 2 aromatic rings. The Bertz CT molecular complexity index is 1420. The number of fused-ring (bicyclic) bond motifs is 1. The van der Waals surface area contributed by atoms with E-state index in [1.807, 2.05) is 0 Å². The van der Waals surface area contributed by atoms with Gasteiger partial charge in [0, 0.05) is 45.8 Å². The smallest absolute Gasteiger partial charge is 0.283 e. The van der Waals surface area contributed by atoms with Crippen LogP contribution in [0.1, 0.15) is 51.6 Å². The maximum atomic E-state index is 14.5. The Kier molecular flexibility index (Phi) is 9.48. The summed E-state index contributed by atoms with van der Waals surface area (Å²) in [6.45, 7) is 5.07. The Balaban J connectivity index is 1.69. The molecule has 1 fully saturated rings. The molecule has 42 heavy (non-hydrogen) atoms. The zero-order valence-electron chi connectivity index (χ0n) is 23.6. The van der Waals surface area contributed by atoms with E-state index >= 15 is 0 Å². The van der Waals surface area contributed by atoms with Crippen LogP contribution in [0.5, 0.6) is 0 Å². The molecule has 0 radical (unpaired) electrons. The molecule has 224 valence electrons. The zero-order valence-corrected chi connectivity index (χ0v) is 23.6. The molecule has 1 saturated heterocycles. The predicted molar refractivity (Wildman–Crippen MR) is 145 cm³/mol. The third kappa shape index (κ3) is 6.24. The predicted octanol–water partition coefficient (Wildman–Crippen LogP) is 0.872. The summed E-state index contributed by atoms with van der Waals surface area (Å²) in [5.74, 6) is -4.33. The van der Waals surface area contributed by atoms with Crippen molar-refractivity contribution in [3.05, 3.63) is 64.7 Å². The summed E-state index contributed by atoms with van der Waals surface area (Å²) in [5.41, 5.74) is 2.27. The van der Waals surface area contributed by atoms with Gasteiger partial charge in [-0.25, -0.2) is 9.07 Å². The molecule has 2 N–H and O–H groups in total. The van der Waals surface area contributed by atoms with E-state index in [1.54, 1.807) is 25.1 Å². The van der Waals surface area contributed by atoms with E-state index in [2.05, 4.69) is 22.3 Å². The lowest BCUT2D eigenvalue weighted by molar-refractivity contribution is -0.140. The van der Waals surface area contributed by atoms with Gasteiger partial charge in [0.15, 0.2) is 11.9 Å². The van der Waals surface area contributed by atoms with Crippen molar-refractivity contribution in [3.8, 4) is 0 Å². The highest BCUT2D eigenvalue weighted by molar-refractivity contribution is 6.05. The minimum atomic E-state index is -1.34. The van der Waals surface area contributed by atoms with Gasteiger partial charge >= 0.3 is 0 Å². The van der Waals surface area contributed by atoms with Gasteiger partial charge in [-0.15, -0.1) is 0 Å². The Morgan fingerprint density at radius 1 is 1.26 bits per heavy atom. The molecule has 3 heterocycles. The second-order valence-corrected chi connectivity index (χ2v) is 10.0. The quantitative estimate of drug-likeness (QED) is 0.212. The van der Waals surface area contributed by atoms with E-state index in [0.29, 0.717) is 27.9 Å². The number of aryl methyl sites for hydroxylation is 1. The SMILES string of the molecule is C=C(F)C(=O)N(Cc1ccc2c(c1)C(=O)N(C1CCC(=O)NC1=O)C2)C(C(=O)NCCOC)c1c(C)cnn1COC. The molecule has 0 aliphatic carbocycles. The second kappa shape index (κ2) is 13.0. The highest BCUT2D eigenvalue weighted by Crippen LogP contribution is 2.31. The number of carbonyl (C=O) groups excluding carboxylic acids is 5. The van der Waals surface area contributed by atoms with Crippen LogP contribution in [-0.4, -0.2) is 82.5 Å². The monoisotopic (exact) mass is 584 g/mol. The average Bonchev–Trinajstić information content (AvgIpc) is 3.47. The van der Waals surface area contributed by atoms with E-state index in [4.69, 9.17) is 9.47 Å². The van der Waals surface area contributed by atoms with Crippen LogP contribution in [0.4, 0.5) is 4.39 Å². The van der Waals surface area contributed by atoms with E-state index in [1.165, 1.54) is 30.0 Å². The molecular formula is C28H33FN6O7. The lowest BCUT2D eigenvalue weighted by atomic mass is 10.0. The normalized spacial score (nSPS) is 17.1. The van der Waals surface area contributed by atoms with Gasteiger partial charge in [-0.1, -0.05) is 18.7 Å². The van der Waals surface area contributed by atoms with Crippen molar-refractivity contribution >= 4 is 29.5 Å². The molecule has 0 bridgehead atoms. The number of piperidine rings is 1. The molecule has 1 aromatic carbocycles. The van der Waals surface area contributed by atoms with Crippen molar-refractivity contribution in [1.29, 1.82) is 0 Å². The highest BCUT2D eigenvalue weighted by atomic mass is 19.1. The van der Waals surface area contributed by atoms with Crippen LogP contribution in [0.2, 0.25) is 0 Å². The molecule has 0 spiro atoms. The van der Waals surface area contributed by atoms with Crippen LogP contribution < -0.4 is 10.6 Å². The fraction of sp³-hybridized carbons (Fsp3) is 0.429. The molecule has 1 aromatic heterocycles. The summed E-state index contributed by atoms with van der Waals surface area (Å²) >= 11 is 0. The van der Waals surface area contributed by atoms with Gasteiger partial charge < -0.3 is 24.6 Å². The van der Waals surface area contributed by atoms with Crippen LogP contribution in [-0.2, 0) is 48.5 Å². The number of nitrogens with one attached hydrogen (secondary N) is 2. The lowest BCUT2D eigenvalue weighted by Crippen LogP contribution is -2.52. The van der Waals surface area contributed by atoms with Gasteiger partial charge in [0.1, 0.15) is 12.8 Å². The topological polar surface area (TPSA) is 152 Å². The summed E-state index contributed by atoms with van der Waals surface area (Å²) in [7, 11) is 2.92. The molecule has 5 amide bonds. The van der Waals surface area contributed by atoms with Crippen molar-refractivity contribution in [2.24, 2.45) is 0 Å². The number of ether oxygens (including phenoxy) is 2. The number of benzene rings is 1. The van der Waals surface area contributed by atoms with E-state index < -0.39 is 41.5 Å². The Hall–Kier alpha value is -4.43. The van der Waals surface area contributed by atoms with Crippen molar-refractivity contribution < 1.29 is 37.8 Å². The van der Waals surface area contributed by atoms with Crippen molar-refractivity contribution in [2.45, 2.75) is 51.7 Å². The van der Waals surface area contributed by atoms with Crippen molar-refractivity contribution in [2.75, 3.05) is 27.4 Å². The largest absolute Gasteiger partial charge is 0.383 e. The first-order valence-corrected chi connectivity index (χ1v) is 13.3. The number of aromatic nitrogens is 2. The number of hydrogen-bond donors (Lipinski definition) is 2. The summed E-state index contributed by atoms with van der Waals surface area (Å²) in [4.78, 5) is 66.6. The third-order valence-electron chi connectivity index (χ3n) is 7.19. The molecule has 4 rings (SSSR count). The maximum Gasteiger partial charge on any atom is 0.283 e. The number of nitrogens with zero attached hydrogens (tertiary/aromatic N) is 4. The Labute approximate surface area is 241 Å². The third-order valence-corrected chi connectivity index (χ3v) is 7.19. The van der Waals surface area contributed by atoms with E-state index in [-0.39, 0.29) is 51.7 Å². The fourth-order valence-corrected chi connectivity index (χ4v) is 5.19. The minimum absolute atomic E-state index is 0.0346. The maximum absolute atomic E-state index is 14.5. The van der Waals surface area contributed by atoms with E-state index in [0.717, 1.165) is 4.90 Å². The van der Waals surface area contributed by atoms with Gasteiger partial charge in [0.25, 0.3) is 11.8 Å². The second-order valence-electron chi connectivity index (χ2n) is 10.0. The minimum Gasteiger partial charge on any atom is -0.383 e. The lowest BCUT2D eigenvalue weighted by Gasteiger charge is -2.31.